The molecular formula is C22H14BrIN2O3. The maximum atomic E-state index is 11.0. The number of nitriles is 1. The van der Waals surface area contributed by atoms with Crippen LogP contribution in [0.4, 0.5) is 5.69 Å². The van der Waals surface area contributed by atoms with E-state index in [0.29, 0.717) is 23.5 Å². The smallest absolute Gasteiger partial charge is 0.270 e. The number of nitro groups is 1. The lowest BCUT2D eigenvalue weighted by Gasteiger charge is -2.09. The lowest BCUT2D eigenvalue weighted by molar-refractivity contribution is -0.384. The molecule has 0 radical (unpaired) electrons. The Labute approximate surface area is 190 Å². The second-order valence-electron chi connectivity index (χ2n) is 6.08. The lowest BCUT2D eigenvalue weighted by atomic mass is 10.0. The van der Waals surface area contributed by atoms with Crippen LogP contribution in [0.15, 0.2) is 71.2 Å². The van der Waals surface area contributed by atoms with Crippen molar-refractivity contribution in [3.05, 3.63) is 102 Å². The highest BCUT2D eigenvalue weighted by Gasteiger charge is 2.10. The van der Waals surface area contributed by atoms with Crippen molar-refractivity contribution in [2.75, 3.05) is 0 Å². The van der Waals surface area contributed by atoms with E-state index >= 15 is 0 Å². The van der Waals surface area contributed by atoms with E-state index in [4.69, 9.17) is 4.74 Å². The van der Waals surface area contributed by atoms with Gasteiger partial charge in [-0.1, -0.05) is 30.3 Å². The van der Waals surface area contributed by atoms with Crippen molar-refractivity contribution in [2.45, 2.75) is 6.61 Å². The summed E-state index contributed by atoms with van der Waals surface area (Å²) in [5.74, 6) is 0.689. The van der Waals surface area contributed by atoms with Crippen LogP contribution in [0.25, 0.3) is 11.6 Å². The second-order valence-corrected chi connectivity index (χ2v) is 8.18. The zero-order chi connectivity index (χ0) is 20.8. The molecule has 3 aromatic carbocycles. The summed E-state index contributed by atoms with van der Waals surface area (Å²) < 4.78 is 7.79. The molecule has 5 nitrogen and oxygen atoms in total. The van der Waals surface area contributed by atoms with E-state index < -0.39 is 4.92 Å². The monoisotopic (exact) mass is 560 g/mol. The van der Waals surface area contributed by atoms with Crippen LogP contribution in [0.5, 0.6) is 5.75 Å². The molecule has 0 saturated carbocycles. The van der Waals surface area contributed by atoms with E-state index in [0.717, 1.165) is 15.6 Å². The highest BCUT2D eigenvalue weighted by Crippen LogP contribution is 2.29. The third-order valence-electron chi connectivity index (χ3n) is 4.06. The number of hydrogen-bond acceptors (Lipinski definition) is 4. The zero-order valence-electron chi connectivity index (χ0n) is 15.0. The molecule has 3 aromatic rings. The van der Waals surface area contributed by atoms with Crippen LogP contribution in [-0.2, 0) is 6.61 Å². The minimum atomic E-state index is -0.477. The quantitative estimate of drug-likeness (QED) is 0.112. The Bertz CT molecular complexity index is 1120. The van der Waals surface area contributed by atoms with Crippen LogP contribution in [0.1, 0.15) is 16.7 Å². The van der Waals surface area contributed by atoms with Gasteiger partial charge in [0.15, 0.2) is 0 Å². The molecule has 0 aliphatic heterocycles. The molecule has 0 heterocycles. The summed E-state index contributed by atoms with van der Waals surface area (Å²) in [5, 5.41) is 20.5. The fourth-order valence-electron chi connectivity index (χ4n) is 2.60. The van der Waals surface area contributed by atoms with Crippen molar-refractivity contribution in [2.24, 2.45) is 0 Å². The van der Waals surface area contributed by atoms with Crippen LogP contribution in [0.2, 0.25) is 0 Å². The molecule has 0 spiro atoms. The Morgan fingerprint density at radius 2 is 1.93 bits per heavy atom. The SMILES string of the molecule is N#C/C(=C/c1ccc(OCc2ccc(I)cc2)c(Br)c1)c1cccc([N+](=O)[O-])c1. The molecule has 0 unspecified atom stereocenters. The molecule has 3 rings (SSSR count). The fraction of sp³-hybridized carbons (Fsp3) is 0.0455. The molecule has 0 aliphatic carbocycles. The van der Waals surface area contributed by atoms with Gasteiger partial charge in [0.1, 0.15) is 12.4 Å². The number of ether oxygens (including phenoxy) is 1. The maximum absolute atomic E-state index is 11.0. The van der Waals surface area contributed by atoms with Gasteiger partial charge in [-0.05, 0) is 85.6 Å². The van der Waals surface area contributed by atoms with Gasteiger partial charge in [-0.25, -0.2) is 0 Å². The summed E-state index contributed by atoms with van der Waals surface area (Å²) in [4.78, 5) is 10.5. The zero-order valence-corrected chi connectivity index (χ0v) is 18.8. The molecule has 7 heteroatoms. The first-order valence-corrected chi connectivity index (χ1v) is 10.4. The van der Waals surface area contributed by atoms with E-state index in [-0.39, 0.29) is 5.69 Å². The molecular weight excluding hydrogens is 547 g/mol. The summed E-state index contributed by atoms with van der Waals surface area (Å²) in [6.45, 7) is 0.446. The van der Waals surface area contributed by atoms with Crippen LogP contribution >= 0.6 is 38.5 Å². The summed E-state index contributed by atoms with van der Waals surface area (Å²) in [6.07, 6.45) is 1.69. The molecule has 0 fully saturated rings. The van der Waals surface area contributed by atoms with E-state index in [1.165, 1.54) is 15.7 Å². The van der Waals surface area contributed by atoms with Gasteiger partial charge in [-0.15, -0.1) is 0 Å². The van der Waals surface area contributed by atoms with Gasteiger partial charge in [0.25, 0.3) is 5.69 Å². The van der Waals surface area contributed by atoms with Crippen molar-refractivity contribution < 1.29 is 9.66 Å². The number of allylic oxidation sites excluding steroid dienone is 1. The molecule has 29 heavy (non-hydrogen) atoms. The highest BCUT2D eigenvalue weighted by molar-refractivity contribution is 14.1. The number of nitrogens with zero attached hydrogens (tertiary/aromatic N) is 2. The summed E-state index contributed by atoms with van der Waals surface area (Å²) >= 11 is 5.76. The van der Waals surface area contributed by atoms with Crippen molar-refractivity contribution in [3.8, 4) is 11.8 Å². The van der Waals surface area contributed by atoms with E-state index in [2.05, 4.69) is 44.6 Å². The molecule has 0 atom stereocenters. The Morgan fingerprint density at radius 1 is 1.17 bits per heavy atom. The minimum absolute atomic E-state index is 0.0517. The predicted octanol–water partition coefficient (Wildman–Crippen LogP) is 6.61. The van der Waals surface area contributed by atoms with Crippen LogP contribution in [-0.4, -0.2) is 4.92 Å². The fourth-order valence-corrected chi connectivity index (χ4v) is 3.47. The van der Waals surface area contributed by atoms with Crippen LogP contribution in [0, 0.1) is 25.0 Å². The van der Waals surface area contributed by atoms with Crippen molar-refractivity contribution >= 4 is 55.9 Å². The third-order valence-corrected chi connectivity index (χ3v) is 5.40. The van der Waals surface area contributed by atoms with Crippen LogP contribution < -0.4 is 4.74 Å². The van der Waals surface area contributed by atoms with Gasteiger partial charge in [0.05, 0.1) is 21.0 Å². The van der Waals surface area contributed by atoms with Crippen molar-refractivity contribution in [1.29, 1.82) is 5.26 Å². The Morgan fingerprint density at radius 3 is 2.59 bits per heavy atom. The molecule has 0 saturated heterocycles. The van der Waals surface area contributed by atoms with Gasteiger partial charge >= 0.3 is 0 Å². The average Bonchev–Trinajstić information content (AvgIpc) is 2.72. The highest BCUT2D eigenvalue weighted by atomic mass is 127. The maximum Gasteiger partial charge on any atom is 0.270 e. The van der Waals surface area contributed by atoms with E-state index in [1.54, 1.807) is 18.2 Å². The lowest BCUT2D eigenvalue weighted by Crippen LogP contribution is -1.96. The standard InChI is InChI=1S/C22H14BrIN2O3/c23-21-11-16(6-9-22(21)29-14-15-4-7-19(24)8-5-15)10-18(13-25)17-2-1-3-20(12-17)26(27)28/h1-12H,14H2/b18-10-. The first kappa shape index (κ1) is 21.0. The number of halogens is 2. The number of non-ortho nitro benzene ring substituents is 1. The predicted molar refractivity (Wildman–Crippen MR) is 124 cm³/mol. The summed E-state index contributed by atoms with van der Waals surface area (Å²) in [5.41, 5.74) is 2.63. The molecule has 0 bridgehead atoms. The number of hydrogen-bond donors (Lipinski definition) is 0. The van der Waals surface area contributed by atoms with Gasteiger partial charge in [-0.3, -0.25) is 10.1 Å². The van der Waals surface area contributed by atoms with Gasteiger partial charge < -0.3 is 4.74 Å². The molecule has 0 aromatic heterocycles. The summed E-state index contributed by atoms with van der Waals surface area (Å²) in [6, 6.07) is 21.7. The first-order chi connectivity index (χ1) is 14.0. The normalized spacial score (nSPS) is 11.0. The Hall–Kier alpha value is -2.70. The molecule has 0 N–H and O–H groups in total. The molecule has 0 amide bonds. The van der Waals surface area contributed by atoms with E-state index in [1.807, 2.05) is 42.5 Å². The van der Waals surface area contributed by atoms with E-state index in [9.17, 15) is 15.4 Å². The number of benzene rings is 3. The van der Waals surface area contributed by atoms with Crippen LogP contribution in [0.3, 0.4) is 0 Å². The third kappa shape index (κ3) is 5.65. The second kappa shape index (κ2) is 9.67. The van der Waals surface area contributed by atoms with Gasteiger partial charge in [0, 0.05) is 15.7 Å². The molecule has 0 aliphatic rings. The number of nitro benzene ring substituents is 1. The minimum Gasteiger partial charge on any atom is -0.488 e. The first-order valence-electron chi connectivity index (χ1n) is 8.49. The molecule has 144 valence electrons. The largest absolute Gasteiger partial charge is 0.488 e. The number of rotatable bonds is 6. The topological polar surface area (TPSA) is 76.2 Å². The van der Waals surface area contributed by atoms with Crippen molar-refractivity contribution in [3.63, 3.8) is 0 Å². The average molecular weight is 561 g/mol. The van der Waals surface area contributed by atoms with Gasteiger partial charge in [0.2, 0.25) is 0 Å². The Kier molecular flexibility index (Phi) is 7.01. The summed E-state index contributed by atoms with van der Waals surface area (Å²) in [7, 11) is 0. The Balaban J connectivity index is 1.79. The van der Waals surface area contributed by atoms with Crippen molar-refractivity contribution in [1.82, 2.24) is 0 Å². The van der Waals surface area contributed by atoms with Gasteiger partial charge in [-0.2, -0.15) is 5.26 Å².